The Hall–Kier alpha value is -1.77. The summed E-state index contributed by atoms with van der Waals surface area (Å²) in [6, 6.07) is 8.11. The van der Waals surface area contributed by atoms with E-state index >= 15 is 0 Å². The standard InChI is InChI=1S/C14H16N2O/c1-17-12-5-4-11-6-7-15-14(13(11)8-12)16-9-10-2-3-10/h4-8,10H,2-3,9H2,1H3,(H,15,16). The molecule has 1 N–H and O–H groups in total. The molecule has 1 aliphatic carbocycles. The van der Waals surface area contributed by atoms with E-state index in [1.807, 2.05) is 24.4 Å². The number of benzene rings is 1. The van der Waals surface area contributed by atoms with Gasteiger partial charge in [-0.15, -0.1) is 0 Å². The second-order valence-corrected chi connectivity index (χ2v) is 4.57. The molecule has 0 amide bonds. The van der Waals surface area contributed by atoms with Crippen molar-refractivity contribution in [1.29, 1.82) is 0 Å². The van der Waals surface area contributed by atoms with Crippen molar-refractivity contribution in [3.05, 3.63) is 30.5 Å². The molecule has 0 spiro atoms. The van der Waals surface area contributed by atoms with Crippen molar-refractivity contribution in [3.8, 4) is 5.75 Å². The lowest BCUT2D eigenvalue weighted by Gasteiger charge is -2.09. The maximum atomic E-state index is 5.26. The van der Waals surface area contributed by atoms with E-state index < -0.39 is 0 Å². The molecule has 0 saturated heterocycles. The number of aromatic nitrogens is 1. The maximum absolute atomic E-state index is 5.26. The fourth-order valence-corrected chi connectivity index (χ4v) is 1.98. The van der Waals surface area contributed by atoms with Crippen LogP contribution >= 0.6 is 0 Å². The number of nitrogens with one attached hydrogen (secondary N) is 1. The van der Waals surface area contributed by atoms with Gasteiger partial charge in [0, 0.05) is 18.1 Å². The van der Waals surface area contributed by atoms with Gasteiger partial charge in [0.1, 0.15) is 11.6 Å². The molecular weight excluding hydrogens is 212 g/mol. The molecule has 1 aromatic carbocycles. The Morgan fingerprint density at radius 3 is 3.00 bits per heavy atom. The highest BCUT2D eigenvalue weighted by Crippen LogP contribution is 2.30. The van der Waals surface area contributed by atoms with Crippen molar-refractivity contribution < 1.29 is 4.74 Å². The van der Waals surface area contributed by atoms with Gasteiger partial charge < -0.3 is 10.1 Å². The lowest BCUT2D eigenvalue weighted by molar-refractivity contribution is 0.415. The Bertz CT molecular complexity index is 535. The summed E-state index contributed by atoms with van der Waals surface area (Å²) in [4.78, 5) is 4.42. The van der Waals surface area contributed by atoms with E-state index in [-0.39, 0.29) is 0 Å². The molecule has 0 aliphatic heterocycles. The van der Waals surface area contributed by atoms with Crippen LogP contribution in [0.25, 0.3) is 10.8 Å². The summed E-state index contributed by atoms with van der Waals surface area (Å²) in [7, 11) is 1.69. The SMILES string of the molecule is COc1ccc2ccnc(NCC3CC3)c2c1. The first kappa shape index (κ1) is 10.4. The van der Waals surface area contributed by atoms with Crippen LogP contribution in [0.1, 0.15) is 12.8 Å². The molecule has 1 aliphatic rings. The molecule has 0 bridgehead atoms. The van der Waals surface area contributed by atoms with Crippen molar-refractivity contribution >= 4 is 16.6 Å². The third-order valence-corrected chi connectivity index (χ3v) is 3.23. The molecule has 1 aromatic heterocycles. The van der Waals surface area contributed by atoms with Crippen LogP contribution in [0.2, 0.25) is 0 Å². The lowest BCUT2D eigenvalue weighted by atomic mass is 10.1. The Balaban J connectivity index is 1.96. The number of fused-ring (bicyclic) bond motifs is 1. The van der Waals surface area contributed by atoms with Crippen molar-refractivity contribution in [1.82, 2.24) is 4.98 Å². The third-order valence-electron chi connectivity index (χ3n) is 3.23. The number of nitrogens with zero attached hydrogens (tertiary/aromatic N) is 1. The molecule has 3 rings (SSSR count). The lowest BCUT2D eigenvalue weighted by Crippen LogP contribution is -2.05. The number of anilines is 1. The zero-order valence-corrected chi connectivity index (χ0v) is 9.94. The van der Waals surface area contributed by atoms with Gasteiger partial charge in [-0.05, 0) is 42.3 Å². The Morgan fingerprint density at radius 2 is 2.24 bits per heavy atom. The summed E-state index contributed by atoms with van der Waals surface area (Å²) < 4.78 is 5.26. The number of rotatable bonds is 4. The van der Waals surface area contributed by atoms with Gasteiger partial charge in [-0.2, -0.15) is 0 Å². The van der Waals surface area contributed by atoms with Gasteiger partial charge in [-0.1, -0.05) is 6.07 Å². The fraction of sp³-hybridized carbons (Fsp3) is 0.357. The van der Waals surface area contributed by atoms with Crippen LogP contribution in [0, 0.1) is 5.92 Å². The molecule has 1 heterocycles. The smallest absolute Gasteiger partial charge is 0.133 e. The van der Waals surface area contributed by atoms with Crippen LogP contribution in [0.5, 0.6) is 5.75 Å². The minimum Gasteiger partial charge on any atom is -0.497 e. The first-order chi connectivity index (χ1) is 8.36. The Kier molecular flexibility index (Phi) is 2.59. The molecule has 3 heteroatoms. The second-order valence-electron chi connectivity index (χ2n) is 4.57. The molecule has 88 valence electrons. The highest BCUT2D eigenvalue weighted by Gasteiger charge is 2.21. The van der Waals surface area contributed by atoms with Crippen molar-refractivity contribution in [2.45, 2.75) is 12.8 Å². The predicted octanol–water partition coefficient (Wildman–Crippen LogP) is 3.07. The second kappa shape index (κ2) is 4.24. The van der Waals surface area contributed by atoms with E-state index in [1.54, 1.807) is 7.11 Å². The largest absolute Gasteiger partial charge is 0.497 e. The molecule has 3 nitrogen and oxygen atoms in total. The highest BCUT2D eigenvalue weighted by molar-refractivity contribution is 5.92. The average molecular weight is 228 g/mol. The van der Waals surface area contributed by atoms with Gasteiger partial charge in [0.05, 0.1) is 7.11 Å². The highest BCUT2D eigenvalue weighted by atomic mass is 16.5. The van der Waals surface area contributed by atoms with Crippen molar-refractivity contribution in [3.63, 3.8) is 0 Å². The van der Waals surface area contributed by atoms with E-state index in [4.69, 9.17) is 4.74 Å². The van der Waals surface area contributed by atoms with E-state index in [9.17, 15) is 0 Å². The van der Waals surface area contributed by atoms with Crippen LogP contribution in [-0.2, 0) is 0 Å². The number of hydrogen-bond donors (Lipinski definition) is 1. The quantitative estimate of drug-likeness (QED) is 0.873. The van der Waals surface area contributed by atoms with Gasteiger partial charge >= 0.3 is 0 Å². The van der Waals surface area contributed by atoms with E-state index in [1.165, 1.54) is 18.2 Å². The van der Waals surface area contributed by atoms with Crippen LogP contribution in [0.4, 0.5) is 5.82 Å². The maximum Gasteiger partial charge on any atom is 0.133 e. The number of hydrogen-bond acceptors (Lipinski definition) is 3. The Morgan fingerprint density at radius 1 is 1.35 bits per heavy atom. The van der Waals surface area contributed by atoms with Crippen LogP contribution in [-0.4, -0.2) is 18.6 Å². The predicted molar refractivity (Wildman–Crippen MR) is 69.5 cm³/mol. The third kappa shape index (κ3) is 2.18. The summed E-state index contributed by atoms with van der Waals surface area (Å²) >= 11 is 0. The van der Waals surface area contributed by atoms with Crippen LogP contribution in [0.15, 0.2) is 30.5 Å². The molecule has 0 atom stereocenters. The molecule has 1 saturated carbocycles. The molecule has 17 heavy (non-hydrogen) atoms. The summed E-state index contributed by atoms with van der Waals surface area (Å²) in [6.45, 7) is 1.03. The van der Waals surface area contributed by atoms with Crippen molar-refractivity contribution in [2.24, 2.45) is 5.92 Å². The van der Waals surface area contributed by atoms with E-state index in [0.29, 0.717) is 0 Å². The number of methoxy groups -OCH3 is 1. The number of pyridine rings is 1. The topological polar surface area (TPSA) is 34.1 Å². The zero-order valence-electron chi connectivity index (χ0n) is 9.94. The van der Waals surface area contributed by atoms with Gasteiger partial charge in [-0.25, -0.2) is 4.98 Å². The monoisotopic (exact) mass is 228 g/mol. The fourth-order valence-electron chi connectivity index (χ4n) is 1.98. The molecule has 1 fully saturated rings. The van der Waals surface area contributed by atoms with Crippen molar-refractivity contribution in [2.75, 3.05) is 19.0 Å². The first-order valence-electron chi connectivity index (χ1n) is 6.03. The van der Waals surface area contributed by atoms with E-state index in [0.717, 1.165) is 29.4 Å². The normalized spacial score (nSPS) is 14.9. The minimum atomic E-state index is 0.845. The van der Waals surface area contributed by atoms with Crippen LogP contribution in [0.3, 0.4) is 0 Å². The summed E-state index contributed by atoms with van der Waals surface area (Å²) in [5.74, 6) is 2.69. The van der Waals surface area contributed by atoms with Crippen LogP contribution < -0.4 is 10.1 Å². The van der Waals surface area contributed by atoms with Gasteiger partial charge in [0.15, 0.2) is 0 Å². The average Bonchev–Trinajstić information content (AvgIpc) is 3.19. The molecule has 0 radical (unpaired) electrons. The van der Waals surface area contributed by atoms with Gasteiger partial charge in [-0.3, -0.25) is 0 Å². The molecule has 2 aromatic rings. The first-order valence-corrected chi connectivity index (χ1v) is 6.03. The Labute approximate surface area is 101 Å². The molecular formula is C14H16N2O. The molecule has 0 unspecified atom stereocenters. The van der Waals surface area contributed by atoms with E-state index in [2.05, 4.69) is 16.4 Å². The summed E-state index contributed by atoms with van der Waals surface area (Å²) in [6.07, 6.45) is 4.55. The van der Waals surface area contributed by atoms with Gasteiger partial charge in [0.2, 0.25) is 0 Å². The summed E-state index contributed by atoms with van der Waals surface area (Å²) in [5.41, 5.74) is 0. The minimum absolute atomic E-state index is 0.845. The zero-order chi connectivity index (χ0) is 11.7. The number of ether oxygens (including phenoxy) is 1. The summed E-state index contributed by atoms with van der Waals surface area (Å²) in [5, 5.41) is 5.76. The van der Waals surface area contributed by atoms with Gasteiger partial charge in [0.25, 0.3) is 0 Å².